The first kappa shape index (κ1) is 17.9. The summed E-state index contributed by atoms with van der Waals surface area (Å²) in [6.07, 6.45) is 1.50. The number of hydrogen-bond acceptors (Lipinski definition) is 3. The fraction of sp³-hybridized carbons (Fsp3) is 0.600. The average molecular weight is 344 g/mol. The quantitative estimate of drug-likeness (QED) is 0.828. The summed E-state index contributed by atoms with van der Waals surface area (Å²) in [6, 6.07) is 2.14. The van der Waals surface area contributed by atoms with Crippen molar-refractivity contribution in [3.63, 3.8) is 0 Å². The maximum absolute atomic E-state index is 13.1. The van der Waals surface area contributed by atoms with Crippen molar-refractivity contribution in [3.8, 4) is 0 Å². The average Bonchev–Trinajstić information content (AvgIpc) is 3.14. The Balaban J connectivity index is 1.69. The van der Waals surface area contributed by atoms with Gasteiger partial charge in [0.05, 0.1) is 0 Å². The van der Waals surface area contributed by atoms with E-state index in [1.165, 1.54) is 0 Å². The second-order valence-corrected chi connectivity index (χ2v) is 7.25. The van der Waals surface area contributed by atoms with E-state index in [4.69, 9.17) is 4.74 Å². The Kier molecular flexibility index (Phi) is 5.13. The van der Waals surface area contributed by atoms with Crippen LogP contribution in [0.25, 0.3) is 0 Å². The molecular formula is C20H28N2O3. The summed E-state index contributed by atoms with van der Waals surface area (Å²) in [7, 11) is 0. The lowest BCUT2D eigenvalue weighted by atomic mass is 9.93. The van der Waals surface area contributed by atoms with Gasteiger partial charge in [-0.25, -0.2) is 0 Å². The van der Waals surface area contributed by atoms with E-state index in [-0.39, 0.29) is 17.9 Å². The number of aryl methyl sites for hydroxylation is 2. The fourth-order valence-electron chi connectivity index (χ4n) is 3.80. The largest absolute Gasteiger partial charge is 0.368 e. The lowest BCUT2D eigenvalue weighted by molar-refractivity contribution is -0.142. The van der Waals surface area contributed by atoms with Crippen LogP contribution in [-0.4, -0.2) is 60.5 Å². The van der Waals surface area contributed by atoms with E-state index in [1.54, 1.807) is 0 Å². The van der Waals surface area contributed by atoms with Gasteiger partial charge in [-0.1, -0.05) is 6.07 Å². The highest BCUT2D eigenvalue weighted by Crippen LogP contribution is 2.24. The second-order valence-electron chi connectivity index (χ2n) is 7.25. The Bertz CT molecular complexity index is 658. The highest BCUT2D eigenvalue weighted by molar-refractivity contribution is 5.98. The molecule has 2 aliphatic rings. The summed E-state index contributed by atoms with van der Waals surface area (Å²) < 4.78 is 5.50. The number of ether oxygens (including phenoxy) is 1. The van der Waals surface area contributed by atoms with Gasteiger partial charge in [-0.3, -0.25) is 9.59 Å². The van der Waals surface area contributed by atoms with Gasteiger partial charge in [-0.05, 0) is 62.8 Å². The monoisotopic (exact) mass is 344 g/mol. The highest BCUT2D eigenvalue weighted by atomic mass is 16.5. The Hall–Kier alpha value is -1.88. The van der Waals surface area contributed by atoms with Gasteiger partial charge in [0, 0.05) is 38.3 Å². The molecular weight excluding hydrogens is 316 g/mol. The minimum atomic E-state index is -0.272. The number of nitrogens with zero attached hydrogens (tertiary/aromatic N) is 2. The second kappa shape index (κ2) is 7.16. The Morgan fingerprint density at radius 1 is 0.960 bits per heavy atom. The third-order valence-electron chi connectivity index (χ3n) is 5.66. The van der Waals surface area contributed by atoms with Crippen LogP contribution in [-0.2, 0) is 9.53 Å². The molecule has 3 rings (SSSR count). The molecule has 2 fully saturated rings. The molecule has 2 aliphatic heterocycles. The molecule has 1 aromatic rings. The van der Waals surface area contributed by atoms with Crippen molar-refractivity contribution >= 4 is 11.8 Å². The van der Waals surface area contributed by atoms with Gasteiger partial charge in [0.25, 0.3) is 11.8 Å². The number of amides is 2. The molecule has 2 amide bonds. The van der Waals surface area contributed by atoms with Gasteiger partial charge in [-0.15, -0.1) is 0 Å². The SMILES string of the molecule is Cc1cc(C)c(C)c(C(=O)N2CCN(C(=O)[C@H]3CCCO3)CC2)c1C. The minimum Gasteiger partial charge on any atom is -0.368 e. The zero-order chi connectivity index (χ0) is 18.1. The third-order valence-corrected chi connectivity index (χ3v) is 5.66. The molecule has 0 bridgehead atoms. The van der Waals surface area contributed by atoms with E-state index >= 15 is 0 Å². The Morgan fingerprint density at radius 2 is 1.52 bits per heavy atom. The van der Waals surface area contributed by atoms with Crippen molar-refractivity contribution < 1.29 is 14.3 Å². The van der Waals surface area contributed by atoms with E-state index in [1.807, 2.05) is 23.6 Å². The molecule has 5 heteroatoms. The first-order chi connectivity index (χ1) is 11.9. The van der Waals surface area contributed by atoms with Crippen LogP contribution in [0.4, 0.5) is 0 Å². The summed E-state index contributed by atoms with van der Waals surface area (Å²) in [5, 5.41) is 0. The maximum atomic E-state index is 13.1. The van der Waals surface area contributed by atoms with Crippen LogP contribution in [0.5, 0.6) is 0 Å². The van der Waals surface area contributed by atoms with E-state index in [0.717, 1.165) is 40.7 Å². The van der Waals surface area contributed by atoms with Gasteiger partial charge in [0.15, 0.2) is 0 Å². The smallest absolute Gasteiger partial charge is 0.254 e. The molecule has 1 atom stereocenters. The van der Waals surface area contributed by atoms with Gasteiger partial charge >= 0.3 is 0 Å². The lowest BCUT2D eigenvalue weighted by Crippen LogP contribution is -2.53. The summed E-state index contributed by atoms with van der Waals surface area (Å²) in [4.78, 5) is 29.2. The molecule has 0 unspecified atom stereocenters. The molecule has 2 saturated heterocycles. The van der Waals surface area contributed by atoms with Crippen LogP contribution in [0.3, 0.4) is 0 Å². The van der Waals surface area contributed by atoms with E-state index in [9.17, 15) is 9.59 Å². The van der Waals surface area contributed by atoms with Gasteiger partial charge in [0.2, 0.25) is 0 Å². The van der Waals surface area contributed by atoms with Crippen molar-refractivity contribution in [2.75, 3.05) is 32.8 Å². The molecule has 0 aliphatic carbocycles. The van der Waals surface area contributed by atoms with Crippen molar-refractivity contribution in [1.82, 2.24) is 9.80 Å². The van der Waals surface area contributed by atoms with Crippen molar-refractivity contribution in [2.24, 2.45) is 0 Å². The van der Waals surface area contributed by atoms with Crippen LogP contribution < -0.4 is 0 Å². The zero-order valence-electron chi connectivity index (χ0n) is 15.7. The van der Waals surface area contributed by atoms with Crippen molar-refractivity contribution in [2.45, 2.75) is 46.6 Å². The van der Waals surface area contributed by atoms with Gasteiger partial charge in [0.1, 0.15) is 6.10 Å². The van der Waals surface area contributed by atoms with E-state index in [2.05, 4.69) is 19.9 Å². The summed E-state index contributed by atoms with van der Waals surface area (Å²) in [5.74, 6) is 0.175. The van der Waals surface area contributed by atoms with E-state index in [0.29, 0.717) is 32.8 Å². The highest BCUT2D eigenvalue weighted by Gasteiger charge is 2.32. The first-order valence-corrected chi connectivity index (χ1v) is 9.17. The number of carbonyl (C=O) groups is 2. The predicted molar refractivity (Wildman–Crippen MR) is 96.8 cm³/mol. The molecule has 5 nitrogen and oxygen atoms in total. The number of rotatable bonds is 2. The summed E-state index contributed by atoms with van der Waals surface area (Å²) in [6.45, 7) is 11.2. The number of carbonyl (C=O) groups excluding carboxylic acids is 2. The minimum absolute atomic E-state index is 0.0864. The van der Waals surface area contributed by atoms with Crippen LogP contribution in [0, 0.1) is 27.7 Å². The molecule has 2 heterocycles. The fourth-order valence-corrected chi connectivity index (χ4v) is 3.80. The summed E-state index contributed by atoms with van der Waals surface area (Å²) >= 11 is 0. The van der Waals surface area contributed by atoms with Crippen molar-refractivity contribution in [1.29, 1.82) is 0 Å². The molecule has 0 saturated carbocycles. The van der Waals surface area contributed by atoms with Crippen LogP contribution >= 0.6 is 0 Å². The summed E-state index contributed by atoms with van der Waals surface area (Å²) in [5.41, 5.74) is 5.26. The predicted octanol–water partition coefficient (Wildman–Crippen LogP) is 2.38. The van der Waals surface area contributed by atoms with Crippen molar-refractivity contribution in [3.05, 3.63) is 33.9 Å². The van der Waals surface area contributed by atoms with Gasteiger partial charge < -0.3 is 14.5 Å². The molecule has 25 heavy (non-hydrogen) atoms. The standard InChI is InChI=1S/C20H28N2O3/c1-13-12-14(2)16(4)18(15(13)3)20(24)22-9-7-21(8-10-22)19(23)17-6-5-11-25-17/h12,17H,5-11H2,1-4H3/t17-/m1/s1. The Labute approximate surface area is 149 Å². The maximum Gasteiger partial charge on any atom is 0.254 e. The molecule has 0 aromatic heterocycles. The topological polar surface area (TPSA) is 49.9 Å². The zero-order valence-corrected chi connectivity index (χ0v) is 15.7. The van der Waals surface area contributed by atoms with Crippen LogP contribution in [0.1, 0.15) is 45.5 Å². The molecule has 0 radical (unpaired) electrons. The third kappa shape index (κ3) is 3.43. The van der Waals surface area contributed by atoms with Crippen LogP contribution in [0.15, 0.2) is 6.07 Å². The molecule has 1 aromatic carbocycles. The number of hydrogen-bond donors (Lipinski definition) is 0. The Morgan fingerprint density at radius 3 is 2.04 bits per heavy atom. The van der Waals surface area contributed by atoms with Crippen LogP contribution in [0.2, 0.25) is 0 Å². The molecule has 0 spiro atoms. The van der Waals surface area contributed by atoms with Gasteiger partial charge in [-0.2, -0.15) is 0 Å². The number of piperazine rings is 1. The molecule has 136 valence electrons. The van der Waals surface area contributed by atoms with E-state index < -0.39 is 0 Å². The normalized spacial score (nSPS) is 20.9. The molecule has 0 N–H and O–H groups in total. The number of benzene rings is 1. The first-order valence-electron chi connectivity index (χ1n) is 9.17. The lowest BCUT2D eigenvalue weighted by Gasteiger charge is -2.36.